The van der Waals surface area contributed by atoms with Crippen LogP contribution in [0.25, 0.3) is 0 Å². The standard InChI is InChI=1S/C14H25N3O/c1-3-9-17-11-14(10-16-17)18-12(2)5-4-8-15-13-6-7-13/h10-13,15H,3-9H2,1-2H3. The highest BCUT2D eigenvalue weighted by Crippen LogP contribution is 2.18. The molecule has 1 heterocycles. The predicted molar refractivity (Wildman–Crippen MR) is 72.9 cm³/mol. The van der Waals surface area contributed by atoms with Crippen molar-refractivity contribution in [3.8, 4) is 5.75 Å². The van der Waals surface area contributed by atoms with Crippen LogP contribution in [0.15, 0.2) is 12.4 Å². The molecular formula is C14H25N3O. The Morgan fingerprint density at radius 3 is 3.11 bits per heavy atom. The van der Waals surface area contributed by atoms with Gasteiger partial charge in [0.05, 0.1) is 18.5 Å². The molecule has 1 fully saturated rings. The number of rotatable bonds is 9. The maximum atomic E-state index is 5.85. The summed E-state index contributed by atoms with van der Waals surface area (Å²) in [5, 5.41) is 7.79. The highest BCUT2D eigenvalue weighted by Gasteiger charge is 2.19. The molecule has 0 amide bonds. The van der Waals surface area contributed by atoms with Gasteiger partial charge >= 0.3 is 0 Å². The number of ether oxygens (including phenoxy) is 1. The summed E-state index contributed by atoms with van der Waals surface area (Å²) in [6, 6.07) is 0.813. The lowest BCUT2D eigenvalue weighted by atomic mass is 10.2. The van der Waals surface area contributed by atoms with Crippen LogP contribution in [0, 0.1) is 0 Å². The van der Waals surface area contributed by atoms with Crippen LogP contribution in [0.1, 0.15) is 46.0 Å². The van der Waals surface area contributed by atoms with Crippen molar-refractivity contribution in [2.45, 2.75) is 64.6 Å². The smallest absolute Gasteiger partial charge is 0.157 e. The van der Waals surface area contributed by atoms with Gasteiger partial charge in [0, 0.05) is 12.6 Å². The number of hydrogen-bond donors (Lipinski definition) is 1. The van der Waals surface area contributed by atoms with Crippen LogP contribution < -0.4 is 10.1 Å². The van der Waals surface area contributed by atoms with Gasteiger partial charge in [-0.2, -0.15) is 5.10 Å². The van der Waals surface area contributed by atoms with E-state index in [1.807, 2.05) is 17.1 Å². The normalized spacial score (nSPS) is 16.8. The number of aromatic nitrogens is 2. The molecule has 102 valence electrons. The first kappa shape index (κ1) is 13.4. The number of hydrogen-bond acceptors (Lipinski definition) is 3. The van der Waals surface area contributed by atoms with E-state index in [1.165, 1.54) is 19.3 Å². The first-order valence-electron chi connectivity index (χ1n) is 7.20. The number of aryl methyl sites for hydroxylation is 1. The molecule has 2 rings (SSSR count). The summed E-state index contributed by atoms with van der Waals surface area (Å²) >= 11 is 0. The van der Waals surface area contributed by atoms with Crippen LogP contribution in [0.5, 0.6) is 5.75 Å². The molecule has 0 aromatic carbocycles. The predicted octanol–water partition coefficient (Wildman–Crippen LogP) is 2.59. The second-order valence-electron chi connectivity index (χ2n) is 5.24. The van der Waals surface area contributed by atoms with Crippen LogP contribution in [0.4, 0.5) is 0 Å². The van der Waals surface area contributed by atoms with Gasteiger partial charge in [-0.3, -0.25) is 4.68 Å². The molecule has 1 aliphatic carbocycles. The van der Waals surface area contributed by atoms with Gasteiger partial charge in [0.1, 0.15) is 0 Å². The van der Waals surface area contributed by atoms with E-state index in [-0.39, 0.29) is 6.10 Å². The molecular weight excluding hydrogens is 226 g/mol. The Labute approximate surface area is 110 Å². The lowest BCUT2D eigenvalue weighted by molar-refractivity contribution is 0.207. The van der Waals surface area contributed by atoms with E-state index >= 15 is 0 Å². The summed E-state index contributed by atoms with van der Waals surface area (Å²) in [5.41, 5.74) is 0. The first-order valence-corrected chi connectivity index (χ1v) is 7.20. The van der Waals surface area contributed by atoms with Crippen molar-refractivity contribution in [2.24, 2.45) is 0 Å². The van der Waals surface area contributed by atoms with Crippen LogP contribution in [0.3, 0.4) is 0 Å². The van der Waals surface area contributed by atoms with Crippen molar-refractivity contribution in [1.29, 1.82) is 0 Å². The minimum atomic E-state index is 0.269. The second kappa shape index (κ2) is 6.78. The van der Waals surface area contributed by atoms with Crippen LogP contribution in [-0.2, 0) is 6.54 Å². The Hall–Kier alpha value is -1.03. The Morgan fingerprint density at radius 2 is 2.39 bits per heavy atom. The van der Waals surface area contributed by atoms with E-state index in [1.54, 1.807) is 0 Å². The maximum absolute atomic E-state index is 5.85. The largest absolute Gasteiger partial charge is 0.487 e. The second-order valence-corrected chi connectivity index (χ2v) is 5.24. The van der Waals surface area contributed by atoms with E-state index in [4.69, 9.17) is 4.74 Å². The van der Waals surface area contributed by atoms with Gasteiger partial charge < -0.3 is 10.1 Å². The first-order chi connectivity index (χ1) is 8.78. The summed E-state index contributed by atoms with van der Waals surface area (Å²) in [7, 11) is 0. The van der Waals surface area contributed by atoms with Gasteiger partial charge in [0.2, 0.25) is 0 Å². The van der Waals surface area contributed by atoms with E-state index in [0.717, 1.165) is 37.7 Å². The van der Waals surface area contributed by atoms with Crippen molar-refractivity contribution >= 4 is 0 Å². The molecule has 4 heteroatoms. The van der Waals surface area contributed by atoms with Gasteiger partial charge in [-0.15, -0.1) is 0 Å². The number of nitrogens with one attached hydrogen (secondary N) is 1. The van der Waals surface area contributed by atoms with E-state index in [2.05, 4.69) is 24.3 Å². The van der Waals surface area contributed by atoms with Crippen LogP contribution in [0.2, 0.25) is 0 Å². The lowest BCUT2D eigenvalue weighted by Crippen LogP contribution is -2.20. The Morgan fingerprint density at radius 1 is 1.56 bits per heavy atom. The minimum Gasteiger partial charge on any atom is -0.487 e. The Kier molecular flexibility index (Phi) is 5.05. The molecule has 1 saturated carbocycles. The average molecular weight is 251 g/mol. The molecule has 18 heavy (non-hydrogen) atoms. The molecule has 0 radical (unpaired) electrons. The maximum Gasteiger partial charge on any atom is 0.157 e. The molecule has 1 aliphatic rings. The van der Waals surface area contributed by atoms with Crippen molar-refractivity contribution in [2.75, 3.05) is 6.54 Å². The monoisotopic (exact) mass is 251 g/mol. The molecule has 0 aliphatic heterocycles. The van der Waals surface area contributed by atoms with E-state index < -0.39 is 0 Å². The fourth-order valence-corrected chi connectivity index (χ4v) is 2.03. The van der Waals surface area contributed by atoms with Gasteiger partial charge in [-0.25, -0.2) is 0 Å². The molecule has 1 aromatic rings. The Bertz CT molecular complexity index is 347. The van der Waals surface area contributed by atoms with Crippen LogP contribution in [-0.4, -0.2) is 28.5 Å². The molecule has 1 aromatic heterocycles. The topological polar surface area (TPSA) is 39.1 Å². The number of nitrogens with zero attached hydrogens (tertiary/aromatic N) is 2. The molecule has 1 unspecified atom stereocenters. The van der Waals surface area contributed by atoms with Crippen LogP contribution >= 0.6 is 0 Å². The van der Waals surface area contributed by atoms with Crippen molar-refractivity contribution in [1.82, 2.24) is 15.1 Å². The van der Waals surface area contributed by atoms with Crippen molar-refractivity contribution in [3.63, 3.8) is 0 Å². The van der Waals surface area contributed by atoms with Crippen molar-refractivity contribution < 1.29 is 4.74 Å². The third kappa shape index (κ3) is 4.69. The third-order valence-corrected chi connectivity index (χ3v) is 3.20. The zero-order valence-corrected chi connectivity index (χ0v) is 11.6. The summed E-state index contributed by atoms with van der Waals surface area (Å²) in [6.07, 6.45) is 10.2. The zero-order chi connectivity index (χ0) is 12.8. The quantitative estimate of drug-likeness (QED) is 0.686. The summed E-state index contributed by atoms with van der Waals surface area (Å²) in [6.45, 7) is 6.36. The fourth-order valence-electron chi connectivity index (χ4n) is 2.03. The van der Waals surface area contributed by atoms with E-state index in [9.17, 15) is 0 Å². The zero-order valence-electron chi connectivity index (χ0n) is 11.6. The summed E-state index contributed by atoms with van der Waals surface area (Å²) in [4.78, 5) is 0. The molecule has 1 atom stereocenters. The van der Waals surface area contributed by atoms with Gasteiger partial charge in [-0.1, -0.05) is 6.92 Å². The molecule has 0 spiro atoms. The highest BCUT2D eigenvalue weighted by molar-refractivity contribution is 5.11. The Balaban J connectivity index is 1.60. The van der Waals surface area contributed by atoms with Gasteiger partial charge in [0.15, 0.2) is 5.75 Å². The van der Waals surface area contributed by atoms with Gasteiger partial charge in [0.25, 0.3) is 0 Å². The molecule has 1 N–H and O–H groups in total. The molecule has 4 nitrogen and oxygen atoms in total. The van der Waals surface area contributed by atoms with E-state index in [0.29, 0.717) is 0 Å². The van der Waals surface area contributed by atoms with Gasteiger partial charge in [-0.05, 0) is 45.6 Å². The van der Waals surface area contributed by atoms with Crippen molar-refractivity contribution in [3.05, 3.63) is 12.4 Å². The lowest BCUT2D eigenvalue weighted by Gasteiger charge is -2.13. The average Bonchev–Trinajstić information content (AvgIpc) is 3.07. The highest BCUT2D eigenvalue weighted by atomic mass is 16.5. The SMILES string of the molecule is CCCn1cc(OC(C)CCCNC2CC2)cn1. The summed E-state index contributed by atoms with van der Waals surface area (Å²) in [5.74, 6) is 0.895. The molecule has 0 saturated heterocycles. The minimum absolute atomic E-state index is 0.269. The third-order valence-electron chi connectivity index (χ3n) is 3.20. The fraction of sp³-hybridized carbons (Fsp3) is 0.786. The summed E-state index contributed by atoms with van der Waals surface area (Å²) < 4.78 is 7.79. The molecule has 0 bridgehead atoms.